The van der Waals surface area contributed by atoms with Gasteiger partial charge < -0.3 is 14.5 Å². The highest BCUT2D eigenvalue weighted by Crippen LogP contribution is 2.47. The molecular weight excluding hydrogens is 262 g/mol. The van der Waals surface area contributed by atoms with Crippen LogP contribution in [0.15, 0.2) is 34.9 Å². The van der Waals surface area contributed by atoms with Crippen molar-refractivity contribution in [2.24, 2.45) is 5.92 Å². The summed E-state index contributed by atoms with van der Waals surface area (Å²) < 4.78 is 11.8. The van der Waals surface area contributed by atoms with E-state index in [1.165, 1.54) is 36.6 Å². The molecule has 2 aliphatic rings. The topological polar surface area (TPSA) is 34.4 Å². The Kier molecular flexibility index (Phi) is 3.27. The molecule has 3 nitrogen and oxygen atoms in total. The molecule has 1 N–H and O–H groups in total. The van der Waals surface area contributed by atoms with Crippen LogP contribution in [0, 0.1) is 5.92 Å². The molecule has 0 bridgehead atoms. The highest BCUT2D eigenvalue weighted by Gasteiger charge is 2.44. The molecule has 2 atom stereocenters. The zero-order chi connectivity index (χ0) is 14.3. The van der Waals surface area contributed by atoms with Crippen molar-refractivity contribution >= 4 is 11.0 Å². The molecule has 1 saturated heterocycles. The molecule has 1 spiro atoms. The fourth-order valence-corrected chi connectivity index (χ4v) is 4.15. The second-order valence-corrected chi connectivity index (χ2v) is 6.59. The minimum Gasteiger partial charge on any atom is -0.464 e. The van der Waals surface area contributed by atoms with Crippen molar-refractivity contribution in [1.29, 1.82) is 0 Å². The Hall–Kier alpha value is -1.32. The minimum absolute atomic E-state index is 0.192. The van der Waals surface area contributed by atoms with Crippen LogP contribution < -0.4 is 5.32 Å². The molecule has 2 fully saturated rings. The van der Waals surface area contributed by atoms with Gasteiger partial charge in [-0.3, -0.25) is 0 Å². The van der Waals surface area contributed by atoms with E-state index >= 15 is 0 Å². The van der Waals surface area contributed by atoms with Crippen LogP contribution in [0.3, 0.4) is 0 Å². The number of nitrogens with one attached hydrogen (secondary N) is 1. The quantitative estimate of drug-likeness (QED) is 0.924. The molecule has 1 aliphatic heterocycles. The minimum atomic E-state index is 0.192. The molecule has 2 heterocycles. The van der Waals surface area contributed by atoms with Crippen molar-refractivity contribution < 1.29 is 9.15 Å². The Bertz CT molecular complexity index is 629. The van der Waals surface area contributed by atoms with Crippen LogP contribution in [0.2, 0.25) is 0 Å². The lowest BCUT2D eigenvalue weighted by Gasteiger charge is -2.48. The molecule has 21 heavy (non-hydrogen) atoms. The van der Waals surface area contributed by atoms with Crippen LogP contribution in [0.5, 0.6) is 0 Å². The number of benzene rings is 1. The van der Waals surface area contributed by atoms with E-state index in [-0.39, 0.29) is 5.60 Å². The second kappa shape index (κ2) is 5.15. The Labute approximate surface area is 125 Å². The van der Waals surface area contributed by atoms with Crippen LogP contribution in [-0.4, -0.2) is 19.3 Å². The Morgan fingerprint density at radius 3 is 2.90 bits per heavy atom. The maximum Gasteiger partial charge on any atom is 0.134 e. The summed E-state index contributed by atoms with van der Waals surface area (Å²) in [6.07, 6.45) is 8.06. The summed E-state index contributed by atoms with van der Waals surface area (Å²) >= 11 is 0. The first kappa shape index (κ1) is 13.4. The third kappa shape index (κ3) is 2.19. The molecule has 1 aliphatic carbocycles. The third-order valence-corrected chi connectivity index (χ3v) is 5.42. The molecule has 2 unspecified atom stereocenters. The average molecular weight is 285 g/mol. The summed E-state index contributed by atoms with van der Waals surface area (Å²) in [6.45, 7) is 0.901. The zero-order valence-corrected chi connectivity index (χ0v) is 12.6. The summed E-state index contributed by atoms with van der Waals surface area (Å²) in [4.78, 5) is 0. The summed E-state index contributed by atoms with van der Waals surface area (Å²) in [6, 6.07) is 8.68. The van der Waals surface area contributed by atoms with Crippen molar-refractivity contribution in [2.45, 2.75) is 43.7 Å². The van der Waals surface area contributed by atoms with Gasteiger partial charge >= 0.3 is 0 Å². The normalized spacial score (nSPS) is 25.9. The zero-order valence-electron chi connectivity index (χ0n) is 12.6. The highest BCUT2D eigenvalue weighted by atomic mass is 16.5. The van der Waals surface area contributed by atoms with E-state index in [0.29, 0.717) is 12.0 Å². The lowest BCUT2D eigenvalue weighted by Crippen LogP contribution is -2.47. The highest BCUT2D eigenvalue weighted by molar-refractivity contribution is 5.81. The van der Waals surface area contributed by atoms with Gasteiger partial charge in [-0.15, -0.1) is 0 Å². The smallest absolute Gasteiger partial charge is 0.134 e. The van der Waals surface area contributed by atoms with Crippen LogP contribution in [-0.2, 0) is 4.74 Å². The van der Waals surface area contributed by atoms with E-state index < -0.39 is 0 Å². The van der Waals surface area contributed by atoms with Crippen molar-refractivity contribution in [3.05, 3.63) is 36.1 Å². The number of rotatable bonds is 3. The molecule has 0 amide bonds. The fourth-order valence-electron chi connectivity index (χ4n) is 4.15. The first-order chi connectivity index (χ1) is 10.3. The van der Waals surface area contributed by atoms with Gasteiger partial charge in [-0.2, -0.15) is 0 Å². The molecule has 0 radical (unpaired) electrons. The summed E-state index contributed by atoms with van der Waals surface area (Å²) in [5.74, 6) is 0.630. The van der Waals surface area contributed by atoms with E-state index in [9.17, 15) is 0 Å². The third-order valence-electron chi connectivity index (χ3n) is 5.42. The molecule has 2 aromatic rings. The summed E-state index contributed by atoms with van der Waals surface area (Å²) in [5, 5.41) is 4.78. The van der Waals surface area contributed by atoms with Crippen molar-refractivity contribution in [3.63, 3.8) is 0 Å². The molecular formula is C18H23NO2. The van der Waals surface area contributed by atoms with E-state index in [4.69, 9.17) is 9.15 Å². The van der Waals surface area contributed by atoms with Crippen molar-refractivity contribution in [2.75, 3.05) is 13.7 Å². The van der Waals surface area contributed by atoms with Gasteiger partial charge in [0, 0.05) is 23.6 Å². The monoisotopic (exact) mass is 285 g/mol. The average Bonchev–Trinajstić information content (AvgIpc) is 2.91. The predicted molar refractivity (Wildman–Crippen MR) is 83.3 cm³/mol. The van der Waals surface area contributed by atoms with Crippen LogP contribution in [0.4, 0.5) is 0 Å². The van der Waals surface area contributed by atoms with E-state index in [0.717, 1.165) is 18.6 Å². The molecule has 3 heteroatoms. The Morgan fingerprint density at radius 2 is 2.14 bits per heavy atom. The number of fused-ring (bicyclic) bond motifs is 1. The molecule has 112 valence electrons. The van der Waals surface area contributed by atoms with Crippen LogP contribution in [0.25, 0.3) is 11.0 Å². The first-order valence-corrected chi connectivity index (χ1v) is 8.09. The van der Waals surface area contributed by atoms with Crippen molar-refractivity contribution in [3.8, 4) is 0 Å². The van der Waals surface area contributed by atoms with Gasteiger partial charge in [0.1, 0.15) is 5.58 Å². The van der Waals surface area contributed by atoms with Gasteiger partial charge in [-0.05, 0) is 51.1 Å². The van der Waals surface area contributed by atoms with E-state index in [1.54, 1.807) is 0 Å². The van der Waals surface area contributed by atoms with Gasteiger partial charge in [-0.1, -0.05) is 18.2 Å². The summed E-state index contributed by atoms with van der Waals surface area (Å²) in [5.41, 5.74) is 2.48. The van der Waals surface area contributed by atoms with Gasteiger partial charge in [0.2, 0.25) is 0 Å². The Morgan fingerprint density at radius 1 is 1.29 bits per heavy atom. The largest absolute Gasteiger partial charge is 0.464 e. The molecule has 1 saturated carbocycles. The van der Waals surface area contributed by atoms with Crippen LogP contribution >= 0.6 is 0 Å². The molecule has 1 aromatic heterocycles. The van der Waals surface area contributed by atoms with Crippen LogP contribution in [0.1, 0.15) is 43.7 Å². The molecule has 4 rings (SSSR count). The van der Waals surface area contributed by atoms with Gasteiger partial charge in [0.15, 0.2) is 0 Å². The number of ether oxygens (including phenoxy) is 1. The predicted octanol–water partition coefficient (Wildman–Crippen LogP) is 4.04. The first-order valence-electron chi connectivity index (χ1n) is 8.09. The standard InChI is InChI=1S/C18H23NO2/c1-19-17(13-7-10-21-18(11-13)8-4-9-18)15-12-20-16-6-3-2-5-14(15)16/h2-3,5-6,12-13,17,19H,4,7-11H2,1H3. The maximum absolute atomic E-state index is 6.08. The van der Waals surface area contributed by atoms with E-state index in [1.807, 2.05) is 18.4 Å². The maximum atomic E-state index is 6.08. The van der Waals surface area contributed by atoms with E-state index in [2.05, 4.69) is 24.5 Å². The lowest BCUT2D eigenvalue weighted by molar-refractivity contribution is -0.147. The van der Waals surface area contributed by atoms with Gasteiger partial charge in [0.25, 0.3) is 0 Å². The lowest BCUT2D eigenvalue weighted by atomic mass is 9.69. The SMILES string of the molecule is CNC(c1coc2ccccc12)C1CCOC2(CCC2)C1. The van der Waals surface area contributed by atoms with Crippen molar-refractivity contribution in [1.82, 2.24) is 5.32 Å². The second-order valence-electron chi connectivity index (χ2n) is 6.59. The number of furan rings is 1. The Balaban J connectivity index is 1.64. The number of hydrogen-bond donors (Lipinski definition) is 1. The fraction of sp³-hybridized carbons (Fsp3) is 0.556. The number of para-hydroxylation sites is 1. The van der Waals surface area contributed by atoms with Gasteiger partial charge in [-0.25, -0.2) is 0 Å². The summed E-state index contributed by atoms with van der Waals surface area (Å²) in [7, 11) is 2.06. The van der Waals surface area contributed by atoms with Gasteiger partial charge in [0.05, 0.1) is 11.9 Å². The number of hydrogen-bond acceptors (Lipinski definition) is 3. The molecule has 1 aromatic carbocycles.